The summed E-state index contributed by atoms with van der Waals surface area (Å²) in [4.78, 5) is 12.6. The van der Waals surface area contributed by atoms with Crippen molar-refractivity contribution in [3.8, 4) is 22.6 Å². The van der Waals surface area contributed by atoms with Crippen LogP contribution in [0.15, 0.2) is 60.8 Å². The summed E-state index contributed by atoms with van der Waals surface area (Å²) in [6.45, 7) is 4.58. The molecule has 0 radical (unpaired) electrons. The lowest BCUT2D eigenvalue weighted by Gasteiger charge is -2.21. The van der Waals surface area contributed by atoms with E-state index in [1.807, 2.05) is 18.2 Å². The number of imidazole rings is 1. The number of nitrogens with one attached hydrogen (secondary N) is 1. The lowest BCUT2D eigenvalue weighted by atomic mass is 9.82. The highest BCUT2D eigenvalue weighted by Crippen LogP contribution is 2.49. The minimum absolute atomic E-state index is 0.0103. The molecule has 1 aliphatic carbocycles. The van der Waals surface area contributed by atoms with E-state index in [-0.39, 0.29) is 5.41 Å². The standard InChI is InChI=1S/C21H17N3/c1-21(2)15-8-4-3-7-13(15)14-11-18-19(12-16(14)21)24-20(23-18)17-9-5-6-10-22-17/h3-12H,1-2H3,(H,23,24). The molecule has 5 rings (SSSR count). The Morgan fingerprint density at radius 1 is 0.875 bits per heavy atom. The van der Waals surface area contributed by atoms with Crippen LogP contribution in [0.4, 0.5) is 0 Å². The lowest BCUT2D eigenvalue weighted by molar-refractivity contribution is 0.661. The second-order valence-corrected chi connectivity index (χ2v) is 6.89. The Morgan fingerprint density at radius 2 is 1.71 bits per heavy atom. The molecular formula is C21H17N3. The monoisotopic (exact) mass is 311 g/mol. The summed E-state index contributed by atoms with van der Waals surface area (Å²) in [5.41, 5.74) is 8.29. The van der Waals surface area contributed by atoms with Crippen LogP contribution in [0.25, 0.3) is 33.7 Å². The molecule has 24 heavy (non-hydrogen) atoms. The van der Waals surface area contributed by atoms with Gasteiger partial charge in [0.1, 0.15) is 5.69 Å². The van der Waals surface area contributed by atoms with Gasteiger partial charge in [-0.3, -0.25) is 4.98 Å². The molecule has 3 nitrogen and oxygen atoms in total. The third-order valence-electron chi connectivity index (χ3n) is 5.09. The van der Waals surface area contributed by atoms with Gasteiger partial charge in [0.25, 0.3) is 0 Å². The largest absolute Gasteiger partial charge is 0.337 e. The van der Waals surface area contributed by atoms with Crippen molar-refractivity contribution in [2.24, 2.45) is 0 Å². The number of rotatable bonds is 1. The van der Waals surface area contributed by atoms with E-state index in [1.54, 1.807) is 6.20 Å². The Balaban J connectivity index is 1.77. The summed E-state index contributed by atoms with van der Waals surface area (Å²) in [5.74, 6) is 0.820. The molecular weight excluding hydrogens is 294 g/mol. The fourth-order valence-corrected chi connectivity index (χ4v) is 3.83. The van der Waals surface area contributed by atoms with Crippen LogP contribution in [0, 0.1) is 0 Å². The van der Waals surface area contributed by atoms with Gasteiger partial charge < -0.3 is 4.98 Å². The topological polar surface area (TPSA) is 41.6 Å². The van der Waals surface area contributed by atoms with Gasteiger partial charge in [0.15, 0.2) is 5.82 Å². The molecule has 2 heterocycles. The molecule has 0 fully saturated rings. The van der Waals surface area contributed by atoms with E-state index in [4.69, 9.17) is 4.98 Å². The molecule has 3 heteroatoms. The van der Waals surface area contributed by atoms with Gasteiger partial charge in [0.05, 0.1) is 11.0 Å². The predicted molar refractivity (Wildman–Crippen MR) is 96.9 cm³/mol. The van der Waals surface area contributed by atoms with Gasteiger partial charge in [0, 0.05) is 11.6 Å². The summed E-state index contributed by atoms with van der Waals surface area (Å²) in [6, 6.07) is 19.0. The molecule has 116 valence electrons. The summed E-state index contributed by atoms with van der Waals surface area (Å²) in [5, 5.41) is 0. The number of hydrogen-bond donors (Lipinski definition) is 1. The van der Waals surface area contributed by atoms with Crippen LogP contribution >= 0.6 is 0 Å². The summed E-state index contributed by atoms with van der Waals surface area (Å²) in [6.07, 6.45) is 1.79. The van der Waals surface area contributed by atoms with E-state index in [1.165, 1.54) is 22.3 Å². The third kappa shape index (κ3) is 1.72. The normalized spacial score (nSPS) is 14.6. The van der Waals surface area contributed by atoms with Crippen LogP contribution in [0.5, 0.6) is 0 Å². The zero-order valence-electron chi connectivity index (χ0n) is 13.7. The fraction of sp³-hybridized carbons (Fsp3) is 0.143. The van der Waals surface area contributed by atoms with Gasteiger partial charge in [-0.2, -0.15) is 0 Å². The number of pyridine rings is 1. The fourth-order valence-electron chi connectivity index (χ4n) is 3.83. The molecule has 2 aromatic carbocycles. The van der Waals surface area contributed by atoms with E-state index >= 15 is 0 Å². The maximum Gasteiger partial charge on any atom is 0.157 e. The predicted octanol–water partition coefficient (Wildman–Crippen LogP) is 4.93. The molecule has 4 aromatic rings. The average Bonchev–Trinajstić information content (AvgIpc) is 3.12. The first-order chi connectivity index (χ1) is 11.6. The second-order valence-electron chi connectivity index (χ2n) is 6.89. The van der Waals surface area contributed by atoms with Crippen LogP contribution in [-0.4, -0.2) is 15.0 Å². The summed E-state index contributed by atoms with van der Waals surface area (Å²) >= 11 is 0. The van der Waals surface area contributed by atoms with Crippen molar-refractivity contribution in [2.45, 2.75) is 19.3 Å². The SMILES string of the molecule is CC1(C)c2ccccc2-c2cc3nc(-c4ccccn4)[nH]c3cc21. The van der Waals surface area contributed by atoms with Crippen LogP contribution < -0.4 is 0 Å². The number of aromatic amines is 1. The summed E-state index contributed by atoms with van der Waals surface area (Å²) in [7, 11) is 0. The van der Waals surface area contributed by atoms with E-state index in [2.05, 4.69) is 60.2 Å². The van der Waals surface area contributed by atoms with Crippen LogP contribution in [0.3, 0.4) is 0 Å². The first kappa shape index (κ1) is 13.5. The van der Waals surface area contributed by atoms with Crippen molar-refractivity contribution in [2.75, 3.05) is 0 Å². The molecule has 0 bridgehead atoms. The van der Waals surface area contributed by atoms with E-state index in [0.717, 1.165) is 22.6 Å². The van der Waals surface area contributed by atoms with Crippen LogP contribution in [-0.2, 0) is 5.41 Å². The number of H-pyrrole nitrogens is 1. The average molecular weight is 311 g/mol. The zero-order valence-corrected chi connectivity index (χ0v) is 13.7. The smallest absolute Gasteiger partial charge is 0.157 e. The quantitative estimate of drug-likeness (QED) is 0.541. The van der Waals surface area contributed by atoms with Gasteiger partial charge in [-0.25, -0.2) is 4.98 Å². The maximum absolute atomic E-state index is 4.76. The molecule has 0 unspecified atom stereocenters. The molecule has 0 aliphatic heterocycles. The molecule has 1 N–H and O–H groups in total. The number of hydrogen-bond acceptors (Lipinski definition) is 2. The molecule has 0 atom stereocenters. The Labute approximate surface area is 140 Å². The van der Waals surface area contributed by atoms with Crippen LogP contribution in [0.2, 0.25) is 0 Å². The van der Waals surface area contributed by atoms with Crippen molar-refractivity contribution in [1.29, 1.82) is 0 Å². The molecule has 0 spiro atoms. The Kier molecular flexibility index (Phi) is 2.55. The van der Waals surface area contributed by atoms with Crippen molar-refractivity contribution in [3.05, 3.63) is 71.9 Å². The molecule has 0 amide bonds. The highest BCUT2D eigenvalue weighted by Gasteiger charge is 2.35. The lowest BCUT2D eigenvalue weighted by Crippen LogP contribution is -2.14. The number of benzene rings is 2. The number of aromatic nitrogens is 3. The number of nitrogens with zero attached hydrogens (tertiary/aromatic N) is 2. The minimum atomic E-state index is 0.0103. The summed E-state index contributed by atoms with van der Waals surface area (Å²) < 4.78 is 0. The highest BCUT2D eigenvalue weighted by molar-refractivity contribution is 5.91. The van der Waals surface area contributed by atoms with Crippen molar-refractivity contribution in [3.63, 3.8) is 0 Å². The maximum atomic E-state index is 4.76. The van der Waals surface area contributed by atoms with Gasteiger partial charge in [-0.1, -0.05) is 44.2 Å². The van der Waals surface area contributed by atoms with E-state index < -0.39 is 0 Å². The van der Waals surface area contributed by atoms with Gasteiger partial charge in [-0.05, 0) is 46.5 Å². The Bertz CT molecular complexity index is 1070. The highest BCUT2D eigenvalue weighted by atomic mass is 14.9. The first-order valence-corrected chi connectivity index (χ1v) is 8.20. The minimum Gasteiger partial charge on any atom is -0.337 e. The van der Waals surface area contributed by atoms with E-state index in [0.29, 0.717) is 0 Å². The Morgan fingerprint density at radius 3 is 2.54 bits per heavy atom. The van der Waals surface area contributed by atoms with Crippen molar-refractivity contribution < 1.29 is 0 Å². The third-order valence-corrected chi connectivity index (χ3v) is 5.09. The molecule has 2 aromatic heterocycles. The van der Waals surface area contributed by atoms with Crippen LogP contribution in [0.1, 0.15) is 25.0 Å². The van der Waals surface area contributed by atoms with Crippen molar-refractivity contribution >= 4 is 11.0 Å². The first-order valence-electron chi connectivity index (χ1n) is 8.20. The Hall–Kier alpha value is -2.94. The van der Waals surface area contributed by atoms with Gasteiger partial charge in [-0.15, -0.1) is 0 Å². The molecule has 0 saturated heterocycles. The van der Waals surface area contributed by atoms with Crippen molar-refractivity contribution in [1.82, 2.24) is 15.0 Å². The zero-order chi connectivity index (χ0) is 16.3. The van der Waals surface area contributed by atoms with Gasteiger partial charge in [0.2, 0.25) is 0 Å². The van der Waals surface area contributed by atoms with E-state index in [9.17, 15) is 0 Å². The molecule has 1 aliphatic rings. The van der Waals surface area contributed by atoms with Gasteiger partial charge >= 0.3 is 0 Å². The molecule has 0 saturated carbocycles. The number of fused-ring (bicyclic) bond motifs is 4. The second kappa shape index (κ2) is 4.54.